The van der Waals surface area contributed by atoms with Gasteiger partial charge in [0.1, 0.15) is 0 Å². The molecule has 0 aliphatic carbocycles. The summed E-state index contributed by atoms with van der Waals surface area (Å²) in [7, 11) is -4.53. The molecular formula is C14H16F2N2O2S2. The first-order valence-electron chi connectivity index (χ1n) is 6.73. The van der Waals surface area contributed by atoms with E-state index < -0.39 is 15.6 Å². The number of anilines is 1. The Bertz CT molecular complexity index is 713. The number of rotatable bonds is 7. The number of benzene rings is 1. The highest BCUT2D eigenvalue weighted by Gasteiger charge is 2.26. The number of thiazole rings is 1. The number of aromatic nitrogens is 1. The number of hydrogen-bond acceptors (Lipinski definition) is 5. The number of halogens is 2. The van der Waals surface area contributed by atoms with E-state index in [0.717, 1.165) is 17.8 Å². The van der Waals surface area contributed by atoms with E-state index in [0.29, 0.717) is 12.2 Å². The summed E-state index contributed by atoms with van der Waals surface area (Å²) in [5, 5.41) is 4.14. The van der Waals surface area contributed by atoms with Crippen LogP contribution in [0.1, 0.15) is 16.8 Å². The Morgan fingerprint density at radius 1 is 1.27 bits per heavy atom. The summed E-state index contributed by atoms with van der Waals surface area (Å²) in [5.74, 6) is -3.40. The first-order chi connectivity index (χ1) is 10.4. The molecule has 4 nitrogen and oxygen atoms in total. The molecule has 2 rings (SSSR count). The molecule has 0 fully saturated rings. The molecule has 0 atom stereocenters. The molecule has 1 aromatic heterocycles. The van der Waals surface area contributed by atoms with E-state index in [2.05, 4.69) is 17.2 Å². The molecule has 0 saturated carbocycles. The number of nitrogens with one attached hydrogen (secondary N) is 1. The topological polar surface area (TPSA) is 59.1 Å². The molecule has 1 aromatic carbocycles. The van der Waals surface area contributed by atoms with Gasteiger partial charge in [-0.05, 0) is 30.7 Å². The van der Waals surface area contributed by atoms with E-state index in [1.54, 1.807) is 11.3 Å². The lowest BCUT2D eigenvalue weighted by molar-refractivity contribution is 0.234. The Balaban J connectivity index is 1.92. The highest BCUT2D eigenvalue weighted by atomic mass is 32.2. The Kier molecular flexibility index (Phi) is 5.47. The number of hydrogen-bond donors (Lipinski definition) is 1. The molecule has 1 heterocycles. The van der Waals surface area contributed by atoms with Gasteiger partial charge in [-0.2, -0.15) is 8.78 Å². The lowest BCUT2D eigenvalue weighted by Gasteiger charge is -2.07. The Morgan fingerprint density at radius 2 is 1.95 bits per heavy atom. The average molecular weight is 346 g/mol. The molecule has 0 bridgehead atoms. The van der Waals surface area contributed by atoms with Crippen molar-refractivity contribution in [2.75, 3.05) is 11.9 Å². The molecule has 2 aromatic rings. The molecule has 0 amide bonds. The molecule has 0 aliphatic heterocycles. The van der Waals surface area contributed by atoms with Gasteiger partial charge in [-0.3, -0.25) is 0 Å². The van der Waals surface area contributed by atoms with Crippen molar-refractivity contribution < 1.29 is 17.2 Å². The Morgan fingerprint density at radius 3 is 2.50 bits per heavy atom. The van der Waals surface area contributed by atoms with Gasteiger partial charge >= 0.3 is 5.76 Å². The highest BCUT2D eigenvalue weighted by molar-refractivity contribution is 7.91. The van der Waals surface area contributed by atoms with E-state index in [9.17, 15) is 17.2 Å². The predicted molar refractivity (Wildman–Crippen MR) is 83.3 cm³/mol. The summed E-state index contributed by atoms with van der Waals surface area (Å²) in [4.78, 5) is 5.16. The van der Waals surface area contributed by atoms with Gasteiger partial charge in [-0.15, -0.1) is 11.3 Å². The third-order valence-electron chi connectivity index (χ3n) is 3.04. The van der Waals surface area contributed by atoms with Crippen molar-refractivity contribution >= 4 is 26.9 Å². The number of aryl methyl sites for hydroxylation is 1. The van der Waals surface area contributed by atoms with Gasteiger partial charge in [-0.25, -0.2) is 13.4 Å². The van der Waals surface area contributed by atoms with Gasteiger partial charge in [0.05, 0.1) is 9.90 Å². The van der Waals surface area contributed by atoms with Crippen molar-refractivity contribution in [2.45, 2.75) is 30.4 Å². The SMILES string of the molecule is CCc1cnc(CCNc2ccc(S(=O)(=O)C(F)F)cc2)s1. The number of nitrogens with zero attached hydrogens (tertiary/aromatic N) is 1. The maximum absolute atomic E-state index is 12.4. The molecular weight excluding hydrogens is 330 g/mol. The zero-order valence-corrected chi connectivity index (χ0v) is 13.6. The molecule has 120 valence electrons. The van der Waals surface area contributed by atoms with Crippen molar-refractivity contribution in [1.29, 1.82) is 0 Å². The van der Waals surface area contributed by atoms with Crippen LogP contribution in [0.4, 0.5) is 14.5 Å². The van der Waals surface area contributed by atoms with Crippen LogP contribution in [-0.4, -0.2) is 25.7 Å². The lowest BCUT2D eigenvalue weighted by atomic mass is 10.3. The summed E-state index contributed by atoms with van der Waals surface area (Å²) in [5.41, 5.74) is 0.681. The maximum Gasteiger partial charge on any atom is 0.341 e. The second-order valence-electron chi connectivity index (χ2n) is 4.58. The van der Waals surface area contributed by atoms with Crippen LogP contribution in [0, 0.1) is 0 Å². The van der Waals surface area contributed by atoms with Gasteiger partial charge < -0.3 is 5.32 Å². The third kappa shape index (κ3) is 4.01. The molecule has 0 radical (unpaired) electrons. The molecule has 22 heavy (non-hydrogen) atoms. The van der Waals surface area contributed by atoms with Crippen molar-refractivity contribution in [2.24, 2.45) is 0 Å². The Hall–Kier alpha value is -1.54. The fourth-order valence-corrected chi connectivity index (χ4v) is 3.39. The van der Waals surface area contributed by atoms with E-state index in [4.69, 9.17) is 0 Å². The fourth-order valence-electron chi connectivity index (χ4n) is 1.81. The number of sulfone groups is 1. The van der Waals surface area contributed by atoms with Gasteiger partial charge in [0.25, 0.3) is 0 Å². The standard InChI is InChI=1S/C14H16F2N2O2S2/c1-2-11-9-18-13(21-11)7-8-17-10-3-5-12(6-4-10)22(19,20)14(15)16/h3-6,9,14,17H,2,7-8H2,1H3. The summed E-state index contributed by atoms with van der Waals surface area (Å²) in [6.45, 7) is 2.71. The molecule has 8 heteroatoms. The molecule has 0 spiro atoms. The van der Waals surface area contributed by atoms with Crippen LogP contribution in [0.3, 0.4) is 0 Å². The second-order valence-corrected chi connectivity index (χ2v) is 7.70. The lowest BCUT2D eigenvalue weighted by Crippen LogP contribution is -2.11. The molecule has 0 unspecified atom stereocenters. The quantitative estimate of drug-likeness (QED) is 0.835. The van der Waals surface area contributed by atoms with E-state index in [1.807, 2.05) is 6.20 Å². The summed E-state index contributed by atoms with van der Waals surface area (Å²) >= 11 is 1.66. The van der Waals surface area contributed by atoms with Crippen LogP contribution < -0.4 is 5.32 Å². The molecule has 0 aliphatic rings. The van der Waals surface area contributed by atoms with E-state index >= 15 is 0 Å². The van der Waals surface area contributed by atoms with Crippen molar-refractivity contribution in [3.8, 4) is 0 Å². The van der Waals surface area contributed by atoms with E-state index in [1.165, 1.54) is 29.1 Å². The largest absolute Gasteiger partial charge is 0.385 e. The predicted octanol–water partition coefficient (Wildman–Crippen LogP) is 3.36. The first-order valence-corrected chi connectivity index (χ1v) is 9.09. The zero-order valence-electron chi connectivity index (χ0n) is 11.9. The minimum absolute atomic E-state index is 0.374. The van der Waals surface area contributed by atoms with Crippen LogP contribution in [0.2, 0.25) is 0 Å². The maximum atomic E-state index is 12.4. The summed E-state index contributed by atoms with van der Waals surface area (Å²) < 4.78 is 47.4. The fraction of sp³-hybridized carbons (Fsp3) is 0.357. The Labute approximate surface area is 132 Å². The van der Waals surface area contributed by atoms with Gasteiger partial charge in [-0.1, -0.05) is 6.92 Å². The third-order valence-corrected chi connectivity index (χ3v) is 5.64. The van der Waals surface area contributed by atoms with Crippen molar-refractivity contribution in [1.82, 2.24) is 4.98 Å². The minimum Gasteiger partial charge on any atom is -0.385 e. The first kappa shape index (κ1) is 16.8. The summed E-state index contributed by atoms with van der Waals surface area (Å²) in [6.07, 6.45) is 3.58. The van der Waals surface area contributed by atoms with Gasteiger partial charge in [0.2, 0.25) is 9.84 Å². The number of alkyl halides is 2. The van der Waals surface area contributed by atoms with E-state index in [-0.39, 0.29) is 4.90 Å². The van der Waals surface area contributed by atoms with Crippen LogP contribution in [0.15, 0.2) is 35.4 Å². The van der Waals surface area contributed by atoms with Gasteiger partial charge in [0, 0.05) is 29.7 Å². The van der Waals surface area contributed by atoms with Crippen LogP contribution >= 0.6 is 11.3 Å². The zero-order chi connectivity index (χ0) is 16.2. The van der Waals surface area contributed by atoms with Crippen LogP contribution in [0.5, 0.6) is 0 Å². The molecule has 0 saturated heterocycles. The van der Waals surface area contributed by atoms with Crippen molar-refractivity contribution in [3.05, 3.63) is 40.3 Å². The van der Waals surface area contributed by atoms with Crippen LogP contribution in [0.25, 0.3) is 0 Å². The summed E-state index contributed by atoms with van der Waals surface area (Å²) in [6, 6.07) is 5.33. The minimum atomic E-state index is -4.53. The smallest absolute Gasteiger partial charge is 0.341 e. The van der Waals surface area contributed by atoms with Gasteiger partial charge in [0.15, 0.2) is 0 Å². The second kappa shape index (κ2) is 7.15. The van der Waals surface area contributed by atoms with Crippen molar-refractivity contribution in [3.63, 3.8) is 0 Å². The van der Waals surface area contributed by atoms with Crippen LogP contribution in [-0.2, 0) is 22.7 Å². The normalized spacial score (nSPS) is 11.8. The molecule has 1 N–H and O–H groups in total. The average Bonchev–Trinajstić information content (AvgIpc) is 2.95. The monoisotopic (exact) mass is 346 g/mol. The highest BCUT2D eigenvalue weighted by Crippen LogP contribution is 2.20.